The minimum atomic E-state index is -0.317. The zero-order chi connectivity index (χ0) is 11.5. The molecular weight excluding hydrogens is 196 g/mol. The normalized spacial score (nSPS) is 9.93. The van der Waals surface area contributed by atoms with Gasteiger partial charge in [0.25, 0.3) is 0 Å². The Kier molecular flexibility index (Phi) is 8.76. The van der Waals surface area contributed by atoms with E-state index in [0.29, 0.717) is 26.0 Å². The van der Waals surface area contributed by atoms with Crippen LogP contribution >= 0.6 is 0 Å². The Morgan fingerprint density at radius 1 is 1.33 bits per heavy atom. The molecule has 0 saturated heterocycles. The van der Waals surface area contributed by atoms with Crippen LogP contribution in [0.2, 0.25) is 0 Å². The SMILES string of the molecule is CCCCOC(=O)CNCCCC(N)=O. The van der Waals surface area contributed by atoms with Crippen molar-refractivity contribution in [2.75, 3.05) is 19.7 Å². The molecule has 0 spiro atoms. The van der Waals surface area contributed by atoms with Gasteiger partial charge in [-0.05, 0) is 19.4 Å². The number of primary amides is 1. The summed E-state index contributed by atoms with van der Waals surface area (Å²) in [5, 5.41) is 2.89. The molecule has 15 heavy (non-hydrogen) atoms. The number of hydrogen-bond acceptors (Lipinski definition) is 4. The van der Waals surface area contributed by atoms with E-state index in [4.69, 9.17) is 10.5 Å². The summed E-state index contributed by atoms with van der Waals surface area (Å²) in [4.78, 5) is 21.4. The Hall–Kier alpha value is -1.10. The summed E-state index contributed by atoms with van der Waals surface area (Å²) in [6.45, 7) is 3.32. The molecule has 0 fully saturated rings. The molecule has 0 rings (SSSR count). The third-order valence-corrected chi connectivity index (χ3v) is 1.81. The highest BCUT2D eigenvalue weighted by molar-refractivity contribution is 5.73. The van der Waals surface area contributed by atoms with Crippen molar-refractivity contribution in [2.45, 2.75) is 32.6 Å². The van der Waals surface area contributed by atoms with E-state index in [0.717, 1.165) is 12.8 Å². The largest absolute Gasteiger partial charge is 0.465 e. The Morgan fingerprint density at radius 2 is 2.07 bits per heavy atom. The fourth-order valence-electron chi connectivity index (χ4n) is 0.959. The van der Waals surface area contributed by atoms with Crippen LogP contribution in [0.25, 0.3) is 0 Å². The van der Waals surface area contributed by atoms with Crippen molar-refractivity contribution < 1.29 is 14.3 Å². The standard InChI is InChI=1S/C10H20N2O3/c1-2-3-7-15-10(14)8-12-6-4-5-9(11)13/h12H,2-8H2,1H3,(H2,11,13). The van der Waals surface area contributed by atoms with Gasteiger partial charge in [0, 0.05) is 6.42 Å². The molecular formula is C10H20N2O3. The van der Waals surface area contributed by atoms with Gasteiger partial charge in [-0.3, -0.25) is 9.59 Å². The third-order valence-electron chi connectivity index (χ3n) is 1.81. The third kappa shape index (κ3) is 10.8. The topological polar surface area (TPSA) is 81.4 Å². The van der Waals surface area contributed by atoms with Gasteiger partial charge in [0.1, 0.15) is 0 Å². The Labute approximate surface area is 90.4 Å². The van der Waals surface area contributed by atoms with Gasteiger partial charge in [-0.15, -0.1) is 0 Å². The Morgan fingerprint density at radius 3 is 2.67 bits per heavy atom. The van der Waals surface area contributed by atoms with Gasteiger partial charge < -0.3 is 15.8 Å². The summed E-state index contributed by atoms with van der Waals surface area (Å²) in [6.07, 6.45) is 2.90. The average Bonchev–Trinajstić information content (AvgIpc) is 2.17. The predicted molar refractivity (Wildman–Crippen MR) is 57.2 cm³/mol. The van der Waals surface area contributed by atoms with E-state index in [1.165, 1.54) is 0 Å². The van der Waals surface area contributed by atoms with E-state index >= 15 is 0 Å². The van der Waals surface area contributed by atoms with E-state index in [2.05, 4.69) is 5.32 Å². The molecule has 0 aliphatic carbocycles. The number of hydrogen-bond donors (Lipinski definition) is 2. The average molecular weight is 216 g/mol. The van der Waals surface area contributed by atoms with Crippen LogP contribution in [0.5, 0.6) is 0 Å². The van der Waals surface area contributed by atoms with Crippen molar-refractivity contribution >= 4 is 11.9 Å². The lowest BCUT2D eigenvalue weighted by Gasteiger charge is -2.04. The molecule has 0 bridgehead atoms. The lowest BCUT2D eigenvalue weighted by molar-refractivity contribution is -0.142. The minimum Gasteiger partial charge on any atom is -0.465 e. The first-order valence-electron chi connectivity index (χ1n) is 5.31. The smallest absolute Gasteiger partial charge is 0.319 e. The maximum atomic E-state index is 11.0. The molecule has 1 amide bonds. The molecule has 3 N–H and O–H groups in total. The van der Waals surface area contributed by atoms with Gasteiger partial charge in [0.2, 0.25) is 5.91 Å². The highest BCUT2D eigenvalue weighted by atomic mass is 16.5. The summed E-state index contributed by atoms with van der Waals surface area (Å²) in [5.74, 6) is -0.565. The number of esters is 1. The molecule has 0 unspecified atom stereocenters. The van der Waals surface area contributed by atoms with Crippen LogP contribution in [-0.2, 0) is 14.3 Å². The summed E-state index contributed by atoms with van der Waals surface area (Å²) >= 11 is 0. The Bertz CT molecular complexity index is 195. The first-order valence-corrected chi connectivity index (χ1v) is 5.31. The van der Waals surface area contributed by atoms with Crippen LogP contribution < -0.4 is 11.1 Å². The second-order valence-electron chi connectivity index (χ2n) is 3.32. The monoisotopic (exact) mass is 216 g/mol. The lowest BCUT2D eigenvalue weighted by atomic mass is 10.3. The number of nitrogens with two attached hydrogens (primary N) is 1. The second-order valence-corrected chi connectivity index (χ2v) is 3.32. The van der Waals surface area contributed by atoms with Crippen molar-refractivity contribution in [3.63, 3.8) is 0 Å². The molecule has 0 saturated carbocycles. The van der Waals surface area contributed by atoms with Crippen LogP contribution in [-0.4, -0.2) is 31.6 Å². The number of amides is 1. The van der Waals surface area contributed by atoms with Crippen molar-refractivity contribution in [1.29, 1.82) is 0 Å². The fraction of sp³-hybridized carbons (Fsp3) is 0.800. The van der Waals surface area contributed by atoms with Crippen LogP contribution in [0, 0.1) is 0 Å². The number of unbranched alkanes of at least 4 members (excludes halogenated alkanes) is 1. The minimum absolute atomic E-state index is 0.197. The number of ether oxygens (including phenoxy) is 1. The van der Waals surface area contributed by atoms with Crippen molar-refractivity contribution in [3.05, 3.63) is 0 Å². The molecule has 5 nitrogen and oxygen atoms in total. The van der Waals surface area contributed by atoms with Crippen LogP contribution in [0.1, 0.15) is 32.6 Å². The number of carbonyl (C=O) groups is 2. The number of rotatable bonds is 9. The quantitative estimate of drug-likeness (QED) is 0.425. The molecule has 0 aromatic heterocycles. The highest BCUT2D eigenvalue weighted by Crippen LogP contribution is 1.88. The number of nitrogens with one attached hydrogen (secondary N) is 1. The lowest BCUT2D eigenvalue weighted by Crippen LogP contribution is -2.26. The first-order chi connectivity index (χ1) is 7.16. The van der Waals surface area contributed by atoms with Gasteiger partial charge in [0.05, 0.1) is 13.2 Å². The van der Waals surface area contributed by atoms with E-state index in [-0.39, 0.29) is 18.4 Å². The molecule has 0 heterocycles. The van der Waals surface area contributed by atoms with E-state index in [1.807, 2.05) is 6.92 Å². The zero-order valence-corrected chi connectivity index (χ0v) is 9.25. The van der Waals surface area contributed by atoms with Crippen LogP contribution in [0.4, 0.5) is 0 Å². The maximum Gasteiger partial charge on any atom is 0.319 e. The number of carbonyl (C=O) groups excluding carboxylic acids is 2. The highest BCUT2D eigenvalue weighted by Gasteiger charge is 2.01. The van der Waals surface area contributed by atoms with Gasteiger partial charge in [-0.2, -0.15) is 0 Å². The van der Waals surface area contributed by atoms with E-state index in [1.54, 1.807) is 0 Å². The molecule has 0 aromatic carbocycles. The van der Waals surface area contributed by atoms with Crippen molar-refractivity contribution in [1.82, 2.24) is 5.32 Å². The zero-order valence-electron chi connectivity index (χ0n) is 9.25. The van der Waals surface area contributed by atoms with Crippen LogP contribution in [0.3, 0.4) is 0 Å². The summed E-state index contributed by atoms with van der Waals surface area (Å²) in [5.41, 5.74) is 4.96. The maximum absolute atomic E-state index is 11.0. The summed E-state index contributed by atoms with van der Waals surface area (Å²) < 4.78 is 4.92. The first kappa shape index (κ1) is 13.9. The predicted octanol–water partition coefficient (Wildman–Crippen LogP) is 0.185. The van der Waals surface area contributed by atoms with Gasteiger partial charge in [-0.1, -0.05) is 13.3 Å². The molecule has 0 aliphatic rings. The van der Waals surface area contributed by atoms with Gasteiger partial charge in [0.15, 0.2) is 0 Å². The Balaban J connectivity index is 3.20. The van der Waals surface area contributed by atoms with Gasteiger partial charge in [-0.25, -0.2) is 0 Å². The fourth-order valence-corrected chi connectivity index (χ4v) is 0.959. The molecule has 0 atom stereocenters. The van der Waals surface area contributed by atoms with Crippen molar-refractivity contribution in [3.8, 4) is 0 Å². The molecule has 0 aliphatic heterocycles. The van der Waals surface area contributed by atoms with Gasteiger partial charge >= 0.3 is 5.97 Å². The molecule has 88 valence electrons. The molecule has 0 radical (unpaired) electrons. The summed E-state index contributed by atoms with van der Waals surface area (Å²) in [6, 6.07) is 0. The summed E-state index contributed by atoms with van der Waals surface area (Å²) in [7, 11) is 0. The molecule has 0 aromatic rings. The van der Waals surface area contributed by atoms with Crippen LogP contribution in [0.15, 0.2) is 0 Å². The van der Waals surface area contributed by atoms with Crippen molar-refractivity contribution in [2.24, 2.45) is 5.73 Å². The van der Waals surface area contributed by atoms with E-state index in [9.17, 15) is 9.59 Å². The van der Waals surface area contributed by atoms with E-state index < -0.39 is 0 Å². The molecule has 5 heteroatoms. The second kappa shape index (κ2) is 9.45.